The van der Waals surface area contributed by atoms with E-state index in [1.54, 1.807) is 6.20 Å². The van der Waals surface area contributed by atoms with E-state index in [0.29, 0.717) is 23.0 Å². The maximum atomic E-state index is 12.7. The Morgan fingerprint density at radius 3 is 2.88 bits per heavy atom. The van der Waals surface area contributed by atoms with Crippen LogP contribution in [0.25, 0.3) is 0 Å². The summed E-state index contributed by atoms with van der Waals surface area (Å²) < 4.78 is 5.77. The van der Waals surface area contributed by atoms with Gasteiger partial charge in [0.05, 0.1) is 11.8 Å². The summed E-state index contributed by atoms with van der Waals surface area (Å²) in [6.07, 6.45) is 4.20. The number of aromatic nitrogens is 1. The van der Waals surface area contributed by atoms with Gasteiger partial charge < -0.3 is 15.0 Å². The van der Waals surface area contributed by atoms with Crippen LogP contribution in [0.1, 0.15) is 44.1 Å². The number of hydrogen-bond donors (Lipinski definition) is 1. The van der Waals surface area contributed by atoms with Crippen LogP contribution >= 0.6 is 0 Å². The highest BCUT2D eigenvalue weighted by molar-refractivity contribution is 6.04. The molecule has 2 aromatic rings. The lowest BCUT2D eigenvalue weighted by Gasteiger charge is -2.32. The first-order chi connectivity index (χ1) is 12.5. The maximum absolute atomic E-state index is 12.7. The quantitative estimate of drug-likeness (QED) is 0.868. The highest BCUT2D eigenvalue weighted by atomic mass is 16.5. The molecule has 1 aromatic carbocycles. The molecule has 1 atom stereocenters. The van der Waals surface area contributed by atoms with Crippen LogP contribution in [0.2, 0.25) is 0 Å². The molecule has 1 aliphatic heterocycles. The number of piperidine rings is 1. The van der Waals surface area contributed by atoms with Crippen LogP contribution in [0, 0.1) is 5.92 Å². The Labute approximate surface area is 155 Å². The van der Waals surface area contributed by atoms with Gasteiger partial charge in [0.15, 0.2) is 0 Å². The van der Waals surface area contributed by atoms with Crippen molar-refractivity contribution in [2.24, 2.45) is 5.92 Å². The zero-order chi connectivity index (χ0) is 18.5. The molecular formula is C21H27N3O2. The van der Waals surface area contributed by atoms with Gasteiger partial charge in [-0.1, -0.05) is 19.1 Å². The molecule has 1 aromatic heterocycles. The number of pyridine rings is 1. The number of amides is 1. The SMILES string of the molecule is CC1CCCN(c2ccnc(C(=O)Nc3ccccc3OC(C)C)c2)C1. The second-order valence-corrected chi connectivity index (χ2v) is 7.21. The van der Waals surface area contributed by atoms with Gasteiger partial charge in [-0.25, -0.2) is 0 Å². The minimum Gasteiger partial charge on any atom is -0.489 e. The van der Waals surface area contributed by atoms with E-state index in [0.717, 1.165) is 18.8 Å². The summed E-state index contributed by atoms with van der Waals surface area (Å²) in [6, 6.07) is 11.3. The summed E-state index contributed by atoms with van der Waals surface area (Å²) in [7, 11) is 0. The minimum atomic E-state index is -0.225. The minimum absolute atomic E-state index is 0.0376. The third-order valence-electron chi connectivity index (χ3n) is 4.50. The molecule has 0 aliphatic carbocycles. The molecule has 5 nitrogen and oxygen atoms in total. The third-order valence-corrected chi connectivity index (χ3v) is 4.50. The van der Waals surface area contributed by atoms with Crippen molar-refractivity contribution in [2.75, 3.05) is 23.3 Å². The molecule has 1 unspecified atom stereocenters. The molecule has 0 bridgehead atoms. The molecule has 5 heteroatoms. The number of nitrogens with zero attached hydrogens (tertiary/aromatic N) is 2. The van der Waals surface area contributed by atoms with Crippen molar-refractivity contribution in [3.8, 4) is 5.75 Å². The summed E-state index contributed by atoms with van der Waals surface area (Å²) in [5.74, 6) is 1.11. The predicted molar refractivity (Wildman–Crippen MR) is 105 cm³/mol. The van der Waals surface area contributed by atoms with E-state index in [1.165, 1.54) is 12.8 Å². The van der Waals surface area contributed by atoms with Gasteiger partial charge in [-0.05, 0) is 56.9 Å². The van der Waals surface area contributed by atoms with E-state index in [2.05, 4.69) is 22.1 Å². The molecule has 26 heavy (non-hydrogen) atoms. The highest BCUT2D eigenvalue weighted by Gasteiger charge is 2.18. The van der Waals surface area contributed by atoms with Crippen molar-refractivity contribution in [1.82, 2.24) is 4.98 Å². The van der Waals surface area contributed by atoms with Crippen LogP contribution in [0.4, 0.5) is 11.4 Å². The topological polar surface area (TPSA) is 54.5 Å². The lowest BCUT2D eigenvalue weighted by molar-refractivity contribution is 0.102. The zero-order valence-corrected chi connectivity index (χ0v) is 15.7. The third kappa shape index (κ3) is 4.54. The predicted octanol–water partition coefficient (Wildman–Crippen LogP) is 4.36. The van der Waals surface area contributed by atoms with Crippen LogP contribution < -0.4 is 15.0 Å². The van der Waals surface area contributed by atoms with E-state index in [4.69, 9.17) is 4.74 Å². The lowest BCUT2D eigenvalue weighted by atomic mass is 10.00. The highest BCUT2D eigenvalue weighted by Crippen LogP contribution is 2.26. The fourth-order valence-corrected chi connectivity index (χ4v) is 3.28. The van der Waals surface area contributed by atoms with Gasteiger partial charge >= 0.3 is 0 Å². The second-order valence-electron chi connectivity index (χ2n) is 7.21. The Hall–Kier alpha value is -2.56. The molecule has 1 amide bonds. The number of anilines is 2. The van der Waals surface area contributed by atoms with Crippen molar-refractivity contribution < 1.29 is 9.53 Å². The fourth-order valence-electron chi connectivity index (χ4n) is 3.28. The average molecular weight is 353 g/mol. The normalized spacial score (nSPS) is 17.2. The van der Waals surface area contributed by atoms with E-state index < -0.39 is 0 Å². The number of rotatable bonds is 5. The number of hydrogen-bond acceptors (Lipinski definition) is 4. The molecule has 0 radical (unpaired) electrons. The maximum Gasteiger partial charge on any atom is 0.274 e. The van der Waals surface area contributed by atoms with Crippen molar-refractivity contribution in [1.29, 1.82) is 0 Å². The molecule has 0 spiro atoms. The summed E-state index contributed by atoms with van der Waals surface area (Å²) in [4.78, 5) is 19.3. The van der Waals surface area contributed by atoms with Gasteiger partial charge in [-0.2, -0.15) is 0 Å². The lowest BCUT2D eigenvalue weighted by Crippen LogP contribution is -2.34. The number of carbonyl (C=O) groups excluding carboxylic acids is 1. The molecule has 1 saturated heterocycles. The second kappa shape index (κ2) is 8.21. The van der Waals surface area contributed by atoms with Crippen LogP contribution in [0.3, 0.4) is 0 Å². The summed E-state index contributed by atoms with van der Waals surface area (Å²) in [5.41, 5.74) is 2.13. The van der Waals surface area contributed by atoms with Gasteiger partial charge in [-0.3, -0.25) is 9.78 Å². The smallest absolute Gasteiger partial charge is 0.274 e. The number of ether oxygens (including phenoxy) is 1. The summed E-state index contributed by atoms with van der Waals surface area (Å²) >= 11 is 0. The van der Waals surface area contributed by atoms with Crippen molar-refractivity contribution in [2.45, 2.75) is 39.7 Å². The first-order valence-electron chi connectivity index (χ1n) is 9.31. The van der Waals surface area contributed by atoms with Crippen LogP contribution in [-0.2, 0) is 0 Å². The van der Waals surface area contributed by atoms with E-state index in [-0.39, 0.29) is 12.0 Å². The molecule has 1 N–H and O–H groups in total. The fraction of sp³-hybridized carbons (Fsp3) is 0.429. The number of para-hydroxylation sites is 2. The monoisotopic (exact) mass is 353 g/mol. The van der Waals surface area contributed by atoms with Crippen molar-refractivity contribution >= 4 is 17.3 Å². The Kier molecular flexibility index (Phi) is 5.76. The van der Waals surface area contributed by atoms with Gasteiger partial charge in [-0.15, -0.1) is 0 Å². The van der Waals surface area contributed by atoms with Gasteiger partial charge in [0.25, 0.3) is 5.91 Å². The molecule has 1 fully saturated rings. The number of nitrogens with one attached hydrogen (secondary N) is 1. The number of benzene rings is 1. The molecule has 2 heterocycles. The molecule has 3 rings (SSSR count). The summed E-state index contributed by atoms with van der Waals surface area (Å²) in [6.45, 7) is 8.25. The van der Waals surface area contributed by atoms with Gasteiger partial charge in [0, 0.05) is 25.0 Å². The Morgan fingerprint density at radius 2 is 2.12 bits per heavy atom. The van der Waals surface area contributed by atoms with Crippen LogP contribution in [0.5, 0.6) is 5.75 Å². The Morgan fingerprint density at radius 1 is 1.31 bits per heavy atom. The largest absolute Gasteiger partial charge is 0.489 e. The van der Waals surface area contributed by atoms with Crippen LogP contribution in [0.15, 0.2) is 42.6 Å². The van der Waals surface area contributed by atoms with Gasteiger partial charge in [0.1, 0.15) is 11.4 Å². The first-order valence-corrected chi connectivity index (χ1v) is 9.31. The molecule has 1 aliphatic rings. The van der Waals surface area contributed by atoms with Crippen molar-refractivity contribution in [3.63, 3.8) is 0 Å². The van der Waals surface area contributed by atoms with Crippen molar-refractivity contribution in [3.05, 3.63) is 48.3 Å². The standard InChI is InChI=1S/C21H27N3O2/c1-15(2)26-20-9-5-4-8-18(20)23-21(25)19-13-17(10-11-22-19)24-12-6-7-16(3)14-24/h4-5,8-11,13,15-16H,6-7,12,14H2,1-3H3,(H,23,25). The molecule has 0 saturated carbocycles. The van der Waals surface area contributed by atoms with Crippen LogP contribution in [-0.4, -0.2) is 30.1 Å². The Bertz CT molecular complexity index is 760. The van der Waals surface area contributed by atoms with E-state index >= 15 is 0 Å². The average Bonchev–Trinajstić information content (AvgIpc) is 2.63. The van der Waals surface area contributed by atoms with E-state index in [1.807, 2.05) is 50.2 Å². The molecular weight excluding hydrogens is 326 g/mol. The zero-order valence-electron chi connectivity index (χ0n) is 15.7. The summed E-state index contributed by atoms with van der Waals surface area (Å²) in [5, 5.41) is 2.93. The first kappa shape index (κ1) is 18.2. The van der Waals surface area contributed by atoms with Gasteiger partial charge in [0.2, 0.25) is 0 Å². The molecule has 138 valence electrons. The Balaban J connectivity index is 1.76. The van der Waals surface area contributed by atoms with E-state index in [9.17, 15) is 4.79 Å². The number of carbonyl (C=O) groups is 1.